The molecule has 3 aromatic heterocycles. The smallest absolute Gasteiger partial charge is 0.162 e. The van der Waals surface area contributed by atoms with E-state index in [9.17, 15) is 0 Å². The Balaban J connectivity index is 1.38. The highest BCUT2D eigenvalue weighted by molar-refractivity contribution is 7.27. The average molecular weight is 630 g/mol. The quantitative estimate of drug-likeness (QED) is 0.194. The minimum atomic E-state index is 0.707. The van der Waals surface area contributed by atoms with Crippen LogP contribution in [0.5, 0.6) is 0 Å². The Labute approximate surface area is 281 Å². The van der Waals surface area contributed by atoms with Gasteiger partial charge in [0.1, 0.15) is 5.82 Å². The summed E-state index contributed by atoms with van der Waals surface area (Å²) in [5.41, 5.74) is 7.71. The molecule has 0 bridgehead atoms. The van der Waals surface area contributed by atoms with Crippen LogP contribution >= 0.6 is 11.3 Å². The van der Waals surface area contributed by atoms with Crippen LogP contribution in [-0.2, 0) is 0 Å². The van der Waals surface area contributed by atoms with E-state index < -0.39 is 0 Å². The number of nitrogens with zero attached hydrogens (tertiary/aromatic N) is 3. The van der Waals surface area contributed by atoms with E-state index in [4.69, 9.17) is 9.97 Å². The Morgan fingerprint density at radius 2 is 1.04 bits per heavy atom. The molecule has 0 spiro atoms. The van der Waals surface area contributed by atoms with E-state index in [1.165, 1.54) is 58.4 Å². The molecule has 3 nitrogen and oxygen atoms in total. The minimum absolute atomic E-state index is 0.707. The lowest BCUT2D eigenvalue weighted by molar-refractivity contribution is 1.05. The summed E-state index contributed by atoms with van der Waals surface area (Å²) in [4.78, 5) is 10.4. The SMILES string of the molecule is c1ccc(-c2ccc3sc4c(c3c2)c2ccccc2c2c3ccccc3n(-c3cc(-c5ccccc5)nc(-c5ccccc5)n3)c42)cc1. The van der Waals surface area contributed by atoms with Gasteiger partial charge in [-0.15, -0.1) is 11.3 Å². The Morgan fingerprint density at radius 1 is 0.438 bits per heavy atom. The van der Waals surface area contributed by atoms with Gasteiger partial charge in [-0.25, -0.2) is 9.97 Å². The molecule has 0 atom stereocenters. The molecule has 4 heteroatoms. The number of aromatic nitrogens is 3. The Kier molecular flexibility index (Phi) is 6.05. The topological polar surface area (TPSA) is 30.7 Å². The summed E-state index contributed by atoms with van der Waals surface area (Å²) in [7, 11) is 0. The van der Waals surface area contributed by atoms with Crippen molar-refractivity contribution in [3.8, 4) is 39.6 Å². The summed E-state index contributed by atoms with van der Waals surface area (Å²) in [6.45, 7) is 0. The maximum Gasteiger partial charge on any atom is 0.162 e. The highest BCUT2D eigenvalue weighted by atomic mass is 32.1. The first kappa shape index (κ1) is 27.1. The third-order valence-electron chi connectivity index (χ3n) is 9.39. The summed E-state index contributed by atoms with van der Waals surface area (Å²) in [6.07, 6.45) is 0. The van der Waals surface area contributed by atoms with Crippen LogP contribution in [0.3, 0.4) is 0 Å². The normalized spacial score (nSPS) is 11.8. The van der Waals surface area contributed by atoms with E-state index in [2.05, 4.69) is 144 Å². The number of hydrogen-bond donors (Lipinski definition) is 0. The molecule has 0 unspecified atom stereocenters. The van der Waals surface area contributed by atoms with E-state index in [1.807, 2.05) is 35.6 Å². The zero-order chi connectivity index (χ0) is 31.6. The summed E-state index contributed by atoms with van der Waals surface area (Å²) >= 11 is 1.87. The van der Waals surface area contributed by atoms with E-state index >= 15 is 0 Å². The van der Waals surface area contributed by atoms with Gasteiger partial charge >= 0.3 is 0 Å². The Hall–Kier alpha value is -6.10. The standard InChI is InChI=1S/C44H27N3S/c1-4-14-28(15-5-1)31-24-25-38-35(26-31)41-33-21-11-10-20-32(33)40-34-22-12-13-23-37(34)47(42(40)43(41)48-38)39-27-36(29-16-6-2-7-17-29)45-44(46-39)30-18-8-3-9-19-30/h1-27H. The zero-order valence-corrected chi connectivity index (χ0v) is 26.7. The van der Waals surface area contributed by atoms with Crippen molar-refractivity contribution in [3.63, 3.8) is 0 Å². The predicted octanol–water partition coefficient (Wildman–Crippen LogP) is 12.1. The molecule has 0 N–H and O–H groups in total. The molecule has 0 saturated heterocycles. The molecule has 48 heavy (non-hydrogen) atoms. The fourth-order valence-electron chi connectivity index (χ4n) is 7.25. The molecule has 224 valence electrons. The Morgan fingerprint density at radius 3 is 1.77 bits per heavy atom. The molecule has 10 aromatic rings. The molecule has 0 aliphatic heterocycles. The van der Waals surface area contributed by atoms with Gasteiger partial charge in [-0.2, -0.15) is 0 Å². The van der Waals surface area contributed by atoms with Gasteiger partial charge in [0.25, 0.3) is 0 Å². The lowest BCUT2D eigenvalue weighted by Gasteiger charge is -2.13. The molecule has 0 aliphatic rings. The summed E-state index contributed by atoms with van der Waals surface area (Å²) in [6, 6.07) is 58.1. The second kappa shape index (κ2) is 10.7. The van der Waals surface area contributed by atoms with E-state index in [-0.39, 0.29) is 0 Å². The number of benzene rings is 7. The number of thiophene rings is 1. The van der Waals surface area contributed by atoms with Crippen molar-refractivity contribution in [2.45, 2.75) is 0 Å². The van der Waals surface area contributed by atoms with Crippen LogP contribution in [0.2, 0.25) is 0 Å². The third-order valence-corrected chi connectivity index (χ3v) is 10.6. The number of para-hydroxylation sites is 1. The van der Waals surface area contributed by atoms with Crippen molar-refractivity contribution in [1.82, 2.24) is 14.5 Å². The summed E-state index contributed by atoms with van der Waals surface area (Å²) < 4.78 is 4.92. The van der Waals surface area contributed by atoms with Crippen molar-refractivity contribution < 1.29 is 0 Å². The fourth-order valence-corrected chi connectivity index (χ4v) is 8.49. The van der Waals surface area contributed by atoms with Gasteiger partial charge in [0.05, 0.1) is 21.4 Å². The van der Waals surface area contributed by atoms with Crippen LogP contribution in [0.1, 0.15) is 0 Å². The molecule has 0 amide bonds. The van der Waals surface area contributed by atoms with Crippen LogP contribution in [-0.4, -0.2) is 14.5 Å². The second-order valence-electron chi connectivity index (χ2n) is 12.2. The van der Waals surface area contributed by atoms with Gasteiger partial charge in [0.2, 0.25) is 0 Å². The first-order valence-electron chi connectivity index (χ1n) is 16.2. The molecule has 7 aromatic carbocycles. The molecule has 0 radical (unpaired) electrons. The van der Waals surface area contributed by atoms with Crippen molar-refractivity contribution in [2.75, 3.05) is 0 Å². The highest BCUT2D eigenvalue weighted by Crippen LogP contribution is 2.48. The highest BCUT2D eigenvalue weighted by Gasteiger charge is 2.23. The number of hydrogen-bond acceptors (Lipinski definition) is 3. The van der Waals surface area contributed by atoms with Crippen LogP contribution in [0.4, 0.5) is 0 Å². The Bertz CT molecular complexity index is 2760. The van der Waals surface area contributed by atoms with Crippen LogP contribution in [0.25, 0.3) is 92.3 Å². The molecular weight excluding hydrogens is 603 g/mol. The lowest BCUT2D eigenvalue weighted by atomic mass is 9.97. The van der Waals surface area contributed by atoms with Gasteiger partial charge < -0.3 is 0 Å². The molecule has 0 fully saturated rings. The van der Waals surface area contributed by atoms with Crippen LogP contribution in [0.15, 0.2) is 164 Å². The fraction of sp³-hybridized carbons (Fsp3) is 0. The van der Waals surface area contributed by atoms with Crippen molar-refractivity contribution in [3.05, 3.63) is 164 Å². The van der Waals surface area contributed by atoms with Crippen LogP contribution < -0.4 is 0 Å². The number of fused-ring (bicyclic) bond motifs is 10. The third kappa shape index (κ3) is 4.13. The van der Waals surface area contributed by atoms with Gasteiger partial charge in [-0.1, -0.05) is 140 Å². The largest absolute Gasteiger partial charge is 0.292 e. The monoisotopic (exact) mass is 629 g/mol. The second-order valence-corrected chi connectivity index (χ2v) is 13.2. The maximum absolute atomic E-state index is 5.32. The first-order chi connectivity index (χ1) is 23.8. The summed E-state index contributed by atoms with van der Waals surface area (Å²) in [5.74, 6) is 1.56. The van der Waals surface area contributed by atoms with Crippen molar-refractivity contribution in [2.24, 2.45) is 0 Å². The van der Waals surface area contributed by atoms with Gasteiger partial charge in [-0.3, -0.25) is 4.57 Å². The van der Waals surface area contributed by atoms with Gasteiger partial charge in [-0.05, 0) is 40.1 Å². The maximum atomic E-state index is 5.32. The molecular formula is C44H27N3S. The zero-order valence-electron chi connectivity index (χ0n) is 25.8. The molecule has 0 saturated carbocycles. The van der Waals surface area contributed by atoms with Crippen molar-refractivity contribution in [1.29, 1.82) is 0 Å². The van der Waals surface area contributed by atoms with Gasteiger partial charge in [0.15, 0.2) is 5.82 Å². The minimum Gasteiger partial charge on any atom is -0.292 e. The molecule has 10 rings (SSSR count). The van der Waals surface area contributed by atoms with Crippen molar-refractivity contribution >= 4 is 64.1 Å². The van der Waals surface area contributed by atoms with E-state index in [0.29, 0.717) is 5.82 Å². The summed E-state index contributed by atoms with van der Waals surface area (Å²) in [5, 5.41) is 7.57. The van der Waals surface area contributed by atoms with E-state index in [1.54, 1.807) is 0 Å². The molecule has 0 aliphatic carbocycles. The molecule has 3 heterocycles. The van der Waals surface area contributed by atoms with E-state index in [0.717, 1.165) is 28.2 Å². The predicted molar refractivity (Wildman–Crippen MR) is 203 cm³/mol. The first-order valence-corrected chi connectivity index (χ1v) is 17.0. The number of rotatable bonds is 4. The van der Waals surface area contributed by atoms with Crippen LogP contribution in [0, 0.1) is 0 Å². The lowest BCUT2D eigenvalue weighted by Crippen LogP contribution is -2.02. The average Bonchev–Trinajstić information content (AvgIpc) is 3.72. The van der Waals surface area contributed by atoms with Gasteiger partial charge in [0, 0.05) is 43.4 Å².